The van der Waals surface area contributed by atoms with E-state index in [1.54, 1.807) is 12.2 Å². The van der Waals surface area contributed by atoms with Crippen molar-refractivity contribution < 1.29 is 19.2 Å². The number of hydrogen-bond acceptors (Lipinski definition) is 8. The Hall–Kier alpha value is -2.48. The van der Waals surface area contributed by atoms with Crippen molar-refractivity contribution in [1.82, 2.24) is 0 Å². The third-order valence-electron chi connectivity index (χ3n) is 3.18. The molecule has 1 saturated carbocycles. The predicted octanol–water partition coefficient (Wildman–Crippen LogP) is 2.04. The summed E-state index contributed by atoms with van der Waals surface area (Å²) in [4.78, 5) is 44.7. The summed E-state index contributed by atoms with van der Waals surface area (Å²) in [6, 6.07) is 0.00750. The number of hydrogen-bond donors (Lipinski definition) is 2. The Bertz CT molecular complexity index is 495. The van der Waals surface area contributed by atoms with Gasteiger partial charge in [-0.25, -0.2) is 40.0 Å². The normalized spacial score (nSPS) is 24.2. The molecule has 2 N–H and O–H groups in total. The Labute approximate surface area is 128 Å². The van der Waals surface area contributed by atoms with Gasteiger partial charge in [0.2, 0.25) is 24.3 Å². The van der Waals surface area contributed by atoms with Crippen LogP contribution >= 0.6 is 0 Å². The van der Waals surface area contributed by atoms with Crippen LogP contribution in [0.3, 0.4) is 0 Å². The monoisotopic (exact) mass is 308 g/mol. The van der Waals surface area contributed by atoms with Gasteiger partial charge in [0.05, 0.1) is 12.6 Å². The maximum absolute atomic E-state index is 10.3. The fourth-order valence-electron chi connectivity index (χ4n) is 3.09. The van der Waals surface area contributed by atoms with Crippen LogP contribution in [0.25, 0.3) is 0 Å². The van der Waals surface area contributed by atoms with Crippen molar-refractivity contribution in [2.45, 2.75) is 46.1 Å². The summed E-state index contributed by atoms with van der Waals surface area (Å²) in [5.74, 6) is 0. The highest BCUT2D eigenvalue weighted by molar-refractivity contribution is 5.34. The molecular formula is C14H20N4O4. The van der Waals surface area contributed by atoms with Gasteiger partial charge in [-0.1, -0.05) is 20.8 Å². The first-order chi connectivity index (χ1) is 10.2. The maximum atomic E-state index is 10.3. The van der Waals surface area contributed by atoms with E-state index in [4.69, 9.17) is 20.4 Å². The van der Waals surface area contributed by atoms with E-state index in [0.717, 1.165) is 31.4 Å². The number of isocyanates is 4. The molecule has 2 unspecified atom stereocenters. The fraction of sp³-hybridized carbons (Fsp3) is 0.714. The van der Waals surface area contributed by atoms with Gasteiger partial charge in [-0.2, -0.15) is 0 Å². The Kier molecular flexibility index (Phi) is 11.1. The van der Waals surface area contributed by atoms with Crippen molar-refractivity contribution in [3.8, 4) is 0 Å². The van der Waals surface area contributed by atoms with E-state index >= 15 is 0 Å². The molecule has 120 valence electrons. The lowest BCUT2D eigenvalue weighted by molar-refractivity contribution is 0.0915. The van der Waals surface area contributed by atoms with Gasteiger partial charge in [-0.3, -0.25) is 0 Å². The first kappa shape index (κ1) is 21.8. The minimum absolute atomic E-state index is 0.00750. The van der Waals surface area contributed by atoms with Crippen molar-refractivity contribution >= 4 is 24.3 Å². The largest absolute Gasteiger partial charge is 0.235 e. The second kappa shape index (κ2) is 11.2. The van der Waals surface area contributed by atoms with Gasteiger partial charge in [-0.15, -0.1) is 0 Å². The molecule has 1 aliphatic carbocycles. The van der Waals surface area contributed by atoms with Gasteiger partial charge in [-0.05, 0) is 30.1 Å². The van der Waals surface area contributed by atoms with Crippen LogP contribution in [0.2, 0.25) is 0 Å². The smallest absolute Gasteiger partial charge is 0.222 e. The van der Waals surface area contributed by atoms with Crippen LogP contribution in [0, 0.1) is 21.6 Å². The molecule has 0 bridgehead atoms. The van der Waals surface area contributed by atoms with Crippen LogP contribution in [0.4, 0.5) is 0 Å². The van der Waals surface area contributed by atoms with Gasteiger partial charge in [0.25, 0.3) is 0 Å². The van der Waals surface area contributed by atoms with Gasteiger partial charge in [0, 0.05) is 0 Å². The molecule has 1 rings (SSSR count). The van der Waals surface area contributed by atoms with E-state index in [1.165, 1.54) is 0 Å². The zero-order valence-electron chi connectivity index (χ0n) is 12.9. The van der Waals surface area contributed by atoms with Crippen molar-refractivity contribution in [1.29, 1.82) is 10.8 Å². The molecule has 0 amide bonds. The molecule has 0 spiro atoms. The van der Waals surface area contributed by atoms with Crippen LogP contribution in [-0.4, -0.2) is 36.9 Å². The Morgan fingerprint density at radius 1 is 1.00 bits per heavy atom. The standard InChI is InChI=1S/C12H18N2O2.2CHNO/c1-11(2)4-10(14-9-16)5-12(3,6-11)7-13-8-15;2*2-1-3/h10H,4-7H2,1-3H3;2*2H. The summed E-state index contributed by atoms with van der Waals surface area (Å²) in [6.07, 6.45) is 7.38. The molecule has 0 aromatic heterocycles. The first-order valence-electron chi connectivity index (χ1n) is 6.42. The second-order valence-electron chi connectivity index (χ2n) is 6.05. The molecule has 8 nitrogen and oxygen atoms in total. The van der Waals surface area contributed by atoms with Gasteiger partial charge < -0.3 is 0 Å². The lowest BCUT2D eigenvalue weighted by Gasteiger charge is -2.44. The lowest BCUT2D eigenvalue weighted by Crippen LogP contribution is -2.39. The third-order valence-corrected chi connectivity index (χ3v) is 3.18. The fourth-order valence-corrected chi connectivity index (χ4v) is 3.09. The Balaban J connectivity index is 0. The van der Waals surface area contributed by atoms with Crippen molar-refractivity contribution in [3.05, 3.63) is 0 Å². The van der Waals surface area contributed by atoms with Gasteiger partial charge in [0.1, 0.15) is 0 Å². The predicted molar refractivity (Wildman–Crippen MR) is 77.5 cm³/mol. The zero-order chi connectivity index (χ0) is 17.6. The lowest BCUT2D eigenvalue weighted by atomic mass is 9.63. The summed E-state index contributed by atoms with van der Waals surface area (Å²) in [6.45, 7) is 6.86. The molecule has 1 fully saturated rings. The highest BCUT2D eigenvalue weighted by Crippen LogP contribution is 2.47. The average Bonchev–Trinajstić information content (AvgIpc) is 2.36. The van der Waals surface area contributed by atoms with Crippen molar-refractivity contribution in [2.75, 3.05) is 6.54 Å². The zero-order valence-corrected chi connectivity index (χ0v) is 12.9. The van der Waals surface area contributed by atoms with E-state index < -0.39 is 0 Å². The van der Waals surface area contributed by atoms with Crippen LogP contribution < -0.4 is 0 Å². The van der Waals surface area contributed by atoms with Crippen molar-refractivity contribution in [3.63, 3.8) is 0 Å². The molecule has 0 saturated heterocycles. The van der Waals surface area contributed by atoms with Gasteiger partial charge >= 0.3 is 0 Å². The molecule has 0 aliphatic heterocycles. The molecular weight excluding hydrogens is 288 g/mol. The third kappa shape index (κ3) is 10.3. The molecule has 22 heavy (non-hydrogen) atoms. The van der Waals surface area contributed by atoms with E-state index in [0.29, 0.717) is 6.54 Å². The maximum Gasteiger partial charge on any atom is 0.235 e. The van der Waals surface area contributed by atoms with E-state index in [2.05, 4.69) is 30.8 Å². The van der Waals surface area contributed by atoms with Gasteiger partial charge in [0.15, 0.2) is 0 Å². The summed E-state index contributed by atoms with van der Waals surface area (Å²) in [5, 5.41) is 10.8. The van der Waals surface area contributed by atoms with E-state index in [1.807, 2.05) is 0 Å². The Morgan fingerprint density at radius 2 is 1.50 bits per heavy atom. The van der Waals surface area contributed by atoms with Crippen LogP contribution in [-0.2, 0) is 19.2 Å². The minimum Gasteiger partial charge on any atom is -0.222 e. The highest BCUT2D eigenvalue weighted by Gasteiger charge is 2.41. The van der Waals surface area contributed by atoms with E-state index in [9.17, 15) is 9.59 Å². The Morgan fingerprint density at radius 3 is 1.91 bits per heavy atom. The SMILES string of the molecule is CC1(C)CC(N=C=O)CC(C)(CN=C=O)C1.N=C=O.N=C=O. The molecule has 0 radical (unpaired) electrons. The first-order valence-corrected chi connectivity index (χ1v) is 6.42. The second-order valence-corrected chi connectivity index (χ2v) is 6.05. The highest BCUT2D eigenvalue weighted by atomic mass is 16.1. The summed E-state index contributed by atoms with van der Waals surface area (Å²) < 4.78 is 0. The average molecular weight is 308 g/mol. The molecule has 0 aromatic rings. The summed E-state index contributed by atoms with van der Waals surface area (Å²) in [7, 11) is 0. The summed E-state index contributed by atoms with van der Waals surface area (Å²) in [5.41, 5.74) is 0.0561. The molecule has 0 heterocycles. The summed E-state index contributed by atoms with van der Waals surface area (Å²) >= 11 is 0. The molecule has 8 heteroatoms. The minimum atomic E-state index is -0.0653. The van der Waals surface area contributed by atoms with Crippen LogP contribution in [0.15, 0.2) is 9.98 Å². The molecule has 1 aliphatic rings. The van der Waals surface area contributed by atoms with Crippen molar-refractivity contribution in [2.24, 2.45) is 20.8 Å². The number of nitrogens with one attached hydrogen (secondary N) is 2. The topological polar surface area (TPSA) is 141 Å². The van der Waals surface area contributed by atoms with E-state index in [-0.39, 0.29) is 16.9 Å². The number of aliphatic imine (C=N–C) groups is 2. The number of carbonyl (C=O) groups excluding carboxylic acids is 4. The van der Waals surface area contributed by atoms with Crippen LogP contribution in [0.1, 0.15) is 40.0 Å². The van der Waals surface area contributed by atoms with Crippen LogP contribution in [0.5, 0.6) is 0 Å². The number of rotatable bonds is 3. The molecule has 0 aromatic carbocycles. The molecule has 2 atom stereocenters. The quantitative estimate of drug-likeness (QED) is 0.607. The number of nitrogens with zero attached hydrogens (tertiary/aromatic N) is 2.